The van der Waals surface area contributed by atoms with Crippen LogP contribution >= 0.6 is 22.7 Å². The van der Waals surface area contributed by atoms with Gasteiger partial charge in [0.05, 0.1) is 31.8 Å². The molecule has 1 N–H and O–H groups in total. The molecule has 9 heteroatoms. The first-order valence-corrected chi connectivity index (χ1v) is 12.8. The Morgan fingerprint density at radius 1 is 1.00 bits per heavy atom. The number of rotatable bonds is 4. The number of aryl methyl sites for hydroxylation is 1. The van der Waals surface area contributed by atoms with Crippen LogP contribution < -0.4 is 10.2 Å². The quantitative estimate of drug-likeness (QED) is 0.470. The van der Waals surface area contributed by atoms with Crippen molar-refractivity contribution in [3.8, 4) is 21.7 Å². The van der Waals surface area contributed by atoms with Gasteiger partial charge in [-0.3, -0.25) is 0 Å². The van der Waals surface area contributed by atoms with E-state index < -0.39 is 0 Å². The smallest absolute Gasteiger partial charge is 0.245 e. The number of nitrogens with zero attached hydrogens (tertiary/aromatic N) is 6. The third kappa shape index (κ3) is 3.58. The lowest BCUT2D eigenvalue weighted by Gasteiger charge is -2.43. The van der Waals surface area contributed by atoms with Gasteiger partial charge in [-0.25, -0.2) is 15.0 Å². The number of fused-ring (bicyclic) bond motifs is 3. The van der Waals surface area contributed by atoms with E-state index in [0.717, 1.165) is 49.8 Å². The molecule has 5 heterocycles. The average Bonchev–Trinajstić information content (AvgIpc) is 3.47. The van der Waals surface area contributed by atoms with Crippen molar-refractivity contribution in [3.05, 3.63) is 35.0 Å². The first-order chi connectivity index (χ1) is 15.7. The highest BCUT2D eigenvalue weighted by Crippen LogP contribution is 2.38. The van der Waals surface area contributed by atoms with Crippen LogP contribution in [0.1, 0.15) is 37.1 Å². The van der Waals surface area contributed by atoms with Crippen LogP contribution in [0.15, 0.2) is 30.0 Å². The molecular weight excluding hydrogens is 438 g/mol. The topological polar surface area (TPSA) is 79.7 Å². The molecule has 0 amide bonds. The lowest BCUT2D eigenvalue weighted by atomic mass is 9.83. The molecule has 2 bridgehead atoms. The Bertz CT molecular complexity index is 1240. The maximum atomic E-state index is 4.71. The van der Waals surface area contributed by atoms with Gasteiger partial charge in [-0.1, -0.05) is 18.6 Å². The summed E-state index contributed by atoms with van der Waals surface area (Å²) in [6.45, 7) is 2.02. The number of hydrogen-bond donors (Lipinski definition) is 1. The van der Waals surface area contributed by atoms with Gasteiger partial charge in [-0.2, -0.15) is 0 Å². The van der Waals surface area contributed by atoms with Crippen molar-refractivity contribution in [2.24, 2.45) is 0 Å². The molecule has 6 rings (SSSR count). The summed E-state index contributed by atoms with van der Waals surface area (Å²) < 4.78 is 1.11. The Kier molecular flexibility index (Phi) is 5.12. The summed E-state index contributed by atoms with van der Waals surface area (Å²) >= 11 is 3.32. The lowest BCUT2D eigenvalue weighted by molar-refractivity contribution is 0.218. The number of nitrogens with one attached hydrogen (secondary N) is 1. The van der Waals surface area contributed by atoms with Gasteiger partial charge in [0.2, 0.25) is 5.95 Å². The summed E-state index contributed by atoms with van der Waals surface area (Å²) in [5, 5.41) is 13.9. The fraction of sp³-hybridized carbons (Fsp3) is 0.435. The molecule has 32 heavy (non-hydrogen) atoms. The Hall–Kier alpha value is -2.49. The van der Waals surface area contributed by atoms with Crippen molar-refractivity contribution in [3.63, 3.8) is 0 Å². The number of thiazole rings is 2. The van der Waals surface area contributed by atoms with E-state index in [1.165, 1.54) is 19.3 Å². The van der Waals surface area contributed by atoms with Crippen molar-refractivity contribution in [1.82, 2.24) is 30.5 Å². The second kappa shape index (κ2) is 8.13. The van der Waals surface area contributed by atoms with E-state index in [2.05, 4.69) is 49.6 Å². The van der Waals surface area contributed by atoms with Gasteiger partial charge in [-0.05, 0) is 32.6 Å². The first-order valence-electron chi connectivity index (χ1n) is 11.1. The molecule has 164 valence electrons. The Morgan fingerprint density at radius 2 is 1.81 bits per heavy atom. The van der Waals surface area contributed by atoms with Crippen molar-refractivity contribution in [1.29, 1.82) is 0 Å². The fourth-order valence-electron chi connectivity index (χ4n) is 5.11. The summed E-state index contributed by atoms with van der Waals surface area (Å²) in [7, 11) is 2.11. The first kappa shape index (κ1) is 20.1. The second-order valence-electron chi connectivity index (χ2n) is 8.81. The van der Waals surface area contributed by atoms with E-state index in [4.69, 9.17) is 4.98 Å². The van der Waals surface area contributed by atoms with Crippen LogP contribution in [0, 0.1) is 6.92 Å². The molecule has 0 saturated carbocycles. The van der Waals surface area contributed by atoms with E-state index in [1.54, 1.807) is 22.7 Å². The number of anilines is 1. The molecule has 2 aliphatic heterocycles. The minimum atomic E-state index is 0.467. The van der Waals surface area contributed by atoms with Crippen LogP contribution in [-0.4, -0.2) is 50.3 Å². The predicted octanol–water partition coefficient (Wildman–Crippen LogP) is 4.69. The van der Waals surface area contributed by atoms with Crippen molar-refractivity contribution in [2.45, 2.75) is 57.2 Å². The summed E-state index contributed by atoms with van der Waals surface area (Å²) in [5.74, 6) is 0.705. The van der Waals surface area contributed by atoms with Gasteiger partial charge in [0, 0.05) is 42.5 Å². The maximum Gasteiger partial charge on any atom is 0.245 e. The highest BCUT2D eigenvalue weighted by Gasteiger charge is 2.33. The van der Waals surface area contributed by atoms with Gasteiger partial charge in [0.1, 0.15) is 5.69 Å². The normalized spacial score (nSPS) is 22.9. The van der Waals surface area contributed by atoms with Crippen LogP contribution in [0.2, 0.25) is 0 Å². The Morgan fingerprint density at radius 3 is 2.53 bits per heavy atom. The van der Waals surface area contributed by atoms with Crippen LogP contribution in [0.5, 0.6) is 0 Å². The molecule has 0 unspecified atom stereocenters. The van der Waals surface area contributed by atoms with Crippen LogP contribution in [0.25, 0.3) is 31.9 Å². The largest absolute Gasteiger partial charge is 0.339 e. The molecule has 0 spiro atoms. The minimum absolute atomic E-state index is 0.467. The van der Waals surface area contributed by atoms with E-state index in [1.807, 2.05) is 24.8 Å². The highest BCUT2D eigenvalue weighted by atomic mass is 32.1. The zero-order valence-corrected chi connectivity index (χ0v) is 19.8. The van der Waals surface area contributed by atoms with E-state index in [9.17, 15) is 0 Å². The average molecular weight is 464 g/mol. The maximum absolute atomic E-state index is 4.71. The van der Waals surface area contributed by atoms with E-state index in [0.29, 0.717) is 24.1 Å². The third-order valence-corrected chi connectivity index (χ3v) is 8.55. The highest BCUT2D eigenvalue weighted by molar-refractivity contribution is 7.18. The van der Waals surface area contributed by atoms with Crippen molar-refractivity contribution < 1.29 is 0 Å². The van der Waals surface area contributed by atoms with Crippen molar-refractivity contribution in [2.75, 3.05) is 11.9 Å². The third-order valence-electron chi connectivity index (χ3n) is 6.75. The van der Waals surface area contributed by atoms with Gasteiger partial charge in [0.25, 0.3) is 0 Å². The van der Waals surface area contributed by atoms with Crippen molar-refractivity contribution >= 4 is 38.8 Å². The minimum Gasteiger partial charge on any atom is -0.339 e. The van der Waals surface area contributed by atoms with Gasteiger partial charge >= 0.3 is 0 Å². The summed E-state index contributed by atoms with van der Waals surface area (Å²) in [6.07, 6.45) is 9.98. The molecule has 3 aromatic heterocycles. The number of piperidine rings is 2. The molecule has 0 radical (unpaired) electrons. The van der Waals surface area contributed by atoms with Crippen LogP contribution in [0.3, 0.4) is 0 Å². The number of hydrogen-bond acceptors (Lipinski definition) is 9. The van der Waals surface area contributed by atoms with Gasteiger partial charge in [-0.15, -0.1) is 32.9 Å². The zero-order valence-electron chi connectivity index (χ0n) is 18.2. The molecule has 2 atom stereocenters. The molecule has 7 nitrogen and oxygen atoms in total. The fourth-order valence-corrected chi connectivity index (χ4v) is 6.75. The standard InChI is InChI=1S/C23H25N7S2/c1-13-24-11-20(32-13)18-7-6-17(22-21(18)26-12-31-22)19-10-25-23(29-28-19)30(2)16-8-14-4-3-5-15(9-16)27-14/h6-7,10-12,14-16,27H,3-5,8-9H2,1-2H3/t14-,15-/m0/s1. The molecule has 2 saturated heterocycles. The molecule has 0 aliphatic carbocycles. The molecule has 2 aliphatic rings. The monoisotopic (exact) mass is 463 g/mol. The van der Waals surface area contributed by atoms with E-state index >= 15 is 0 Å². The number of benzene rings is 1. The predicted molar refractivity (Wildman–Crippen MR) is 130 cm³/mol. The van der Waals surface area contributed by atoms with E-state index in [-0.39, 0.29) is 0 Å². The zero-order chi connectivity index (χ0) is 21.7. The van der Waals surface area contributed by atoms with Gasteiger partial charge in [0.15, 0.2) is 0 Å². The summed E-state index contributed by atoms with van der Waals surface area (Å²) in [4.78, 5) is 17.1. The summed E-state index contributed by atoms with van der Waals surface area (Å²) in [6, 6.07) is 5.94. The second-order valence-corrected chi connectivity index (χ2v) is 10.9. The van der Waals surface area contributed by atoms with Crippen LogP contribution in [-0.2, 0) is 0 Å². The molecular formula is C23H25N7S2. The molecule has 1 aromatic carbocycles. The Labute approximate surface area is 195 Å². The van der Waals surface area contributed by atoms with Gasteiger partial charge < -0.3 is 10.2 Å². The summed E-state index contributed by atoms with van der Waals surface area (Å²) in [5.41, 5.74) is 5.80. The lowest BCUT2D eigenvalue weighted by Crippen LogP contribution is -2.54. The van der Waals surface area contributed by atoms with Crippen LogP contribution in [0.4, 0.5) is 5.95 Å². The molecule has 2 fully saturated rings. The number of aromatic nitrogens is 5. The molecule has 4 aromatic rings. The SMILES string of the molecule is Cc1ncc(-c2ccc(-c3cnc(N(C)C4C[C@@H]5CCC[C@@H](C4)N5)nn3)c3scnc23)s1. The Balaban J connectivity index is 1.28.